The van der Waals surface area contributed by atoms with Gasteiger partial charge in [-0.15, -0.1) is 11.8 Å². The van der Waals surface area contributed by atoms with Crippen molar-refractivity contribution < 1.29 is 4.79 Å². The molecule has 0 fully saturated rings. The molecule has 0 unspecified atom stereocenters. The molecule has 0 aliphatic heterocycles. The first-order chi connectivity index (χ1) is 8.50. The highest BCUT2D eigenvalue weighted by Gasteiger charge is 2.07. The van der Waals surface area contributed by atoms with Crippen molar-refractivity contribution in [3.63, 3.8) is 0 Å². The topological polar surface area (TPSA) is 29.1 Å². The average molecular weight is 261 g/mol. The van der Waals surface area contributed by atoms with Crippen molar-refractivity contribution in [3.05, 3.63) is 53.5 Å². The summed E-state index contributed by atoms with van der Waals surface area (Å²) >= 11 is 1.68. The fourth-order valence-electron chi connectivity index (χ4n) is 1.22. The van der Waals surface area contributed by atoms with Crippen LogP contribution >= 0.6 is 11.8 Å². The van der Waals surface area contributed by atoms with Gasteiger partial charge < -0.3 is 5.32 Å². The number of carbonyl (C=O) groups is 1. The smallest absolute Gasteiger partial charge is 0.250 e. The monoisotopic (exact) mass is 261 g/mol. The predicted molar refractivity (Wildman–Crippen MR) is 80.1 cm³/mol. The standard InChI is InChI=1S/C15H19NOS/c1-11(2)15(17)16-14(10-18-12(3)4)13-8-6-5-7-9-13/h5-10,12H,1H2,2-4H3,(H,16,17). The SMILES string of the molecule is C=C(C)C(=O)NC(=CSC(C)C)c1ccccc1. The van der Waals surface area contributed by atoms with E-state index in [1.54, 1.807) is 18.7 Å². The number of hydrogen-bond acceptors (Lipinski definition) is 2. The van der Waals surface area contributed by atoms with Crippen molar-refractivity contribution in [1.29, 1.82) is 0 Å². The van der Waals surface area contributed by atoms with E-state index in [1.807, 2.05) is 35.7 Å². The van der Waals surface area contributed by atoms with Gasteiger partial charge in [-0.3, -0.25) is 4.79 Å². The van der Waals surface area contributed by atoms with Crippen LogP contribution in [0.25, 0.3) is 5.70 Å². The van der Waals surface area contributed by atoms with Gasteiger partial charge >= 0.3 is 0 Å². The Morgan fingerprint density at radius 1 is 1.33 bits per heavy atom. The van der Waals surface area contributed by atoms with Gasteiger partial charge in [-0.25, -0.2) is 0 Å². The Morgan fingerprint density at radius 3 is 2.44 bits per heavy atom. The molecule has 1 aromatic carbocycles. The molecule has 1 amide bonds. The van der Waals surface area contributed by atoms with Crippen molar-refractivity contribution >= 4 is 23.4 Å². The molecule has 0 saturated heterocycles. The molecule has 0 atom stereocenters. The maximum atomic E-state index is 11.7. The van der Waals surface area contributed by atoms with Crippen LogP contribution in [0.4, 0.5) is 0 Å². The maximum absolute atomic E-state index is 11.7. The second-order valence-corrected chi connectivity index (χ2v) is 5.77. The Hall–Kier alpha value is -1.48. The summed E-state index contributed by atoms with van der Waals surface area (Å²) in [5.41, 5.74) is 2.33. The Bertz CT molecular complexity index is 449. The highest BCUT2D eigenvalue weighted by atomic mass is 32.2. The molecule has 0 radical (unpaired) electrons. The van der Waals surface area contributed by atoms with Gasteiger partial charge in [0.15, 0.2) is 0 Å². The fraction of sp³-hybridized carbons (Fsp3) is 0.267. The quantitative estimate of drug-likeness (QED) is 0.816. The van der Waals surface area contributed by atoms with E-state index in [4.69, 9.17) is 0 Å². The molecule has 0 spiro atoms. The van der Waals surface area contributed by atoms with E-state index in [0.29, 0.717) is 10.8 Å². The van der Waals surface area contributed by atoms with Crippen LogP contribution in [0.15, 0.2) is 47.9 Å². The Morgan fingerprint density at radius 2 is 1.94 bits per heavy atom. The van der Waals surface area contributed by atoms with E-state index >= 15 is 0 Å². The highest BCUT2D eigenvalue weighted by molar-refractivity contribution is 8.02. The van der Waals surface area contributed by atoms with E-state index in [2.05, 4.69) is 25.7 Å². The molecule has 0 bridgehead atoms. The minimum Gasteiger partial charge on any atom is -0.321 e. The molecular weight excluding hydrogens is 242 g/mol. The zero-order chi connectivity index (χ0) is 13.5. The number of hydrogen-bond donors (Lipinski definition) is 1. The van der Waals surface area contributed by atoms with Gasteiger partial charge in [0.05, 0.1) is 5.70 Å². The van der Waals surface area contributed by atoms with Crippen LogP contribution in [0.2, 0.25) is 0 Å². The Balaban J connectivity index is 2.92. The Labute approximate surface area is 113 Å². The second kappa shape index (κ2) is 7.07. The van der Waals surface area contributed by atoms with Crippen molar-refractivity contribution in [2.75, 3.05) is 0 Å². The van der Waals surface area contributed by atoms with Crippen LogP contribution < -0.4 is 5.32 Å². The molecule has 0 saturated carbocycles. The minimum atomic E-state index is -0.144. The lowest BCUT2D eigenvalue weighted by Crippen LogP contribution is -2.22. The van der Waals surface area contributed by atoms with E-state index in [1.165, 1.54) is 0 Å². The lowest BCUT2D eigenvalue weighted by Gasteiger charge is -2.11. The zero-order valence-electron chi connectivity index (χ0n) is 11.1. The summed E-state index contributed by atoms with van der Waals surface area (Å²) in [6, 6.07) is 9.82. The van der Waals surface area contributed by atoms with Crippen LogP contribution in [0.5, 0.6) is 0 Å². The third-order valence-corrected chi connectivity index (χ3v) is 3.09. The number of thioether (sulfide) groups is 1. The molecule has 0 heterocycles. The van der Waals surface area contributed by atoms with Crippen molar-refractivity contribution in [2.45, 2.75) is 26.0 Å². The van der Waals surface area contributed by atoms with Crippen molar-refractivity contribution in [2.24, 2.45) is 0 Å². The van der Waals surface area contributed by atoms with Crippen molar-refractivity contribution in [1.82, 2.24) is 5.32 Å². The second-order valence-electron chi connectivity index (χ2n) is 4.32. The number of amides is 1. The van der Waals surface area contributed by atoms with Gasteiger partial charge in [0.2, 0.25) is 0 Å². The number of carbonyl (C=O) groups excluding carboxylic acids is 1. The molecule has 0 aliphatic carbocycles. The molecule has 1 aromatic rings. The van der Waals surface area contributed by atoms with Gasteiger partial charge in [-0.1, -0.05) is 50.8 Å². The first-order valence-corrected chi connectivity index (χ1v) is 6.83. The van der Waals surface area contributed by atoms with Gasteiger partial charge in [0, 0.05) is 10.8 Å². The normalized spacial score (nSPS) is 11.4. The number of rotatable bonds is 5. The Kier molecular flexibility index (Phi) is 5.72. The van der Waals surface area contributed by atoms with Gasteiger partial charge in [0.25, 0.3) is 5.91 Å². The number of nitrogens with one attached hydrogen (secondary N) is 1. The fourth-order valence-corrected chi connectivity index (χ4v) is 1.82. The summed E-state index contributed by atoms with van der Waals surface area (Å²) in [6.45, 7) is 9.58. The summed E-state index contributed by atoms with van der Waals surface area (Å²) in [4.78, 5) is 11.7. The molecule has 96 valence electrons. The van der Waals surface area contributed by atoms with Crippen LogP contribution in [0.3, 0.4) is 0 Å². The van der Waals surface area contributed by atoms with E-state index < -0.39 is 0 Å². The third-order valence-electron chi connectivity index (χ3n) is 2.18. The van der Waals surface area contributed by atoms with Crippen LogP contribution in [-0.4, -0.2) is 11.2 Å². The van der Waals surface area contributed by atoms with Crippen LogP contribution in [0, 0.1) is 0 Å². The molecule has 1 N–H and O–H groups in total. The highest BCUT2D eigenvalue weighted by Crippen LogP contribution is 2.19. The zero-order valence-corrected chi connectivity index (χ0v) is 11.9. The van der Waals surface area contributed by atoms with E-state index in [0.717, 1.165) is 11.3 Å². The summed E-state index contributed by atoms with van der Waals surface area (Å²) in [7, 11) is 0. The third kappa shape index (κ3) is 4.80. The van der Waals surface area contributed by atoms with Gasteiger partial charge in [-0.05, 0) is 17.9 Å². The maximum Gasteiger partial charge on any atom is 0.250 e. The first-order valence-electron chi connectivity index (χ1n) is 5.88. The largest absolute Gasteiger partial charge is 0.321 e. The molecule has 18 heavy (non-hydrogen) atoms. The summed E-state index contributed by atoms with van der Waals surface area (Å²) < 4.78 is 0. The lowest BCUT2D eigenvalue weighted by atomic mass is 10.1. The van der Waals surface area contributed by atoms with Crippen molar-refractivity contribution in [3.8, 4) is 0 Å². The molecule has 3 heteroatoms. The van der Waals surface area contributed by atoms with Crippen LogP contribution in [-0.2, 0) is 4.79 Å². The van der Waals surface area contributed by atoms with E-state index in [9.17, 15) is 4.79 Å². The molecule has 1 rings (SSSR count). The molecule has 0 aromatic heterocycles. The van der Waals surface area contributed by atoms with Crippen LogP contribution in [0.1, 0.15) is 26.3 Å². The summed E-state index contributed by atoms with van der Waals surface area (Å²) in [5, 5.41) is 5.35. The predicted octanol–water partition coefficient (Wildman–Crippen LogP) is 3.82. The van der Waals surface area contributed by atoms with Gasteiger partial charge in [0.1, 0.15) is 0 Å². The first kappa shape index (κ1) is 14.6. The summed E-state index contributed by atoms with van der Waals surface area (Å²) in [6.07, 6.45) is 0. The van der Waals surface area contributed by atoms with E-state index in [-0.39, 0.29) is 5.91 Å². The lowest BCUT2D eigenvalue weighted by molar-refractivity contribution is -0.116. The average Bonchev–Trinajstić information content (AvgIpc) is 2.34. The molecular formula is C15H19NOS. The molecule has 2 nitrogen and oxygen atoms in total. The molecule has 0 aliphatic rings. The minimum absolute atomic E-state index is 0.144. The van der Waals surface area contributed by atoms with Gasteiger partial charge in [-0.2, -0.15) is 0 Å². The summed E-state index contributed by atoms with van der Waals surface area (Å²) in [5.74, 6) is -0.144. The number of benzene rings is 1.